The van der Waals surface area contributed by atoms with E-state index in [-0.39, 0.29) is 11.2 Å². The van der Waals surface area contributed by atoms with E-state index in [0.717, 1.165) is 0 Å². The van der Waals surface area contributed by atoms with Gasteiger partial charge in [0.2, 0.25) is 5.91 Å². The number of aromatic amines is 2. The van der Waals surface area contributed by atoms with Gasteiger partial charge in [-0.3, -0.25) is 14.7 Å². The van der Waals surface area contributed by atoms with E-state index < -0.39 is 5.91 Å². The maximum Gasteiger partial charge on any atom is 0.291 e. The molecule has 18 heavy (non-hydrogen) atoms. The number of carbonyl (C=O) groups excluding carboxylic acids is 1. The summed E-state index contributed by atoms with van der Waals surface area (Å²) >= 11 is 0. The number of benzene rings is 1. The van der Waals surface area contributed by atoms with Gasteiger partial charge in [0.25, 0.3) is 5.56 Å². The maximum atomic E-state index is 11.3. The third-order valence-corrected chi connectivity index (χ3v) is 2.35. The molecule has 0 aliphatic heterocycles. The van der Waals surface area contributed by atoms with E-state index in [4.69, 9.17) is 5.73 Å². The highest BCUT2D eigenvalue weighted by Crippen LogP contribution is 2.17. The van der Waals surface area contributed by atoms with Crippen molar-refractivity contribution in [3.8, 4) is 0 Å². The van der Waals surface area contributed by atoms with Gasteiger partial charge in [-0.2, -0.15) is 5.11 Å². The van der Waals surface area contributed by atoms with Crippen molar-refractivity contribution in [3.05, 3.63) is 45.9 Å². The molecule has 0 saturated heterocycles. The molecule has 0 bridgehead atoms. The van der Waals surface area contributed by atoms with E-state index in [1.807, 2.05) is 0 Å². The minimum absolute atomic E-state index is 0.231. The molecule has 2 aromatic rings. The van der Waals surface area contributed by atoms with Gasteiger partial charge in [0.05, 0.1) is 11.4 Å². The van der Waals surface area contributed by atoms with Gasteiger partial charge in [0.1, 0.15) is 0 Å². The van der Waals surface area contributed by atoms with Crippen LogP contribution in [0, 0.1) is 6.92 Å². The Bertz CT molecular complexity index is 651. The Labute approximate surface area is 102 Å². The van der Waals surface area contributed by atoms with Crippen LogP contribution in [0.1, 0.15) is 16.1 Å². The summed E-state index contributed by atoms with van der Waals surface area (Å²) in [6.45, 7) is 1.71. The average Bonchev–Trinajstić information content (AvgIpc) is 2.67. The molecule has 7 nitrogen and oxygen atoms in total. The molecule has 0 atom stereocenters. The van der Waals surface area contributed by atoms with Crippen molar-refractivity contribution >= 4 is 17.3 Å². The molecule has 1 heterocycles. The predicted molar refractivity (Wildman–Crippen MR) is 65.3 cm³/mol. The normalized spacial score (nSPS) is 10.9. The van der Waals surface area contributed by atoms with Gasteiger partial charge < -0.3 is 10.8 Å². The number of hydrogen-bond donors (Lipinski definition) is 3. The topological polar surface area (TPSA) is 116 Å². The molecule has 1 amide bonds. The highest BCUT2D eigenvalue weighted by atomic mass is 16.1. The number of azo groups is 1. The summed E-state index contributed by atoms with van der Waals surface area (Å²) in [7, 11) is 0. The number of H-pyrrole nitrogens is 2. The number of nitrogens with two attached hydrogens (primary N) is 1. The Morgan fingerprint density at radius 1 is 1.17 bits per heavy atom. The van der Waals surface area contributed by atoms with Gasteiger partial charge in [-0.05, 0) is 31.2 Å². The summed E-state index contributed by atoms with van der Waals surface area (Å²) in [5.41, 5.74) is 6.54. The monoisotopic (exact) mass is 245 g/mol. The molecule has 0 aliphatic rings. The minimum Gasteiger partial charge on any atom is -0.366 e. The molecule has 0 spiro atoms. The van der Waals surface area contributed by atoms with E-state index in [1.54, 1.807) is 31.2 Å². The Kier molecular flexibility index (Phi) is 3.05. The maximum absolute atomic E-state index is 11.3. The Balaban J connectivity index is 2.24. The molecule has 0 aliphatic carbocycles. The SMILES string of the molecule is Cc1[nH][nH]c(=O)c1N=Nc1ccc(C(N)=O)cc1. The van der Waals surface area contributed by atoms with Crippen LogP contribution >= 0.6 is 0 Å². The molecule has 1 aromatic carbocycles. The van der Waals surface area contributed by atoms with Gasteiger partial charge in [0, 0.05) is 5.56 Å². The lowest BCUT2D eigenvalue weighted by molar-refractivity contribution is 0.100. The standard InChI is InChI=1S/C11H11N5O2/c1-6-9(11(18)16-13-6)15-14-8-4-2-7(3-5-8)10(12)17/h2-5H,1H3,(H2,12,17)(H2,13,16,18). The predicted octanol–water partition coefficient (Wildman–Crippen LogP) is 1.53. The first-order chi connectivity index (χ1) is 8.58. The third kappa shape index (κ3) is 2.34. The van der Waals surface area contributed by atoms with Crippen molar-refractivity contribution < 1.29 is 4.79 Å². The number of aryl methyl sites for hydroxylation is 1. The summed E-state index contributed by atoms with van der Waals surface area (Å²) in [6, 6.07) is 6.29. The van der Waals surface area contributed by atoms with Crippen LogP contribution in [-0.2, 0) is 0 Å². The first-order valence-electron chi connectivity index (χ1n) is 5.17. The zero-order valence-corrected chi connectivity index (χ0v) is 9.60. The summed E-state index contributed by atoms with van der Waals surface area (Å²) in [5.74, 6) is -0.503. The van der Waals surface area contributed by atoms with Gasteiger partial charge in [-0.15, -0.1) is 5.11 Å². The minimum atomic E-state index is -0.503. The van der Waals surface area contributed by atoms with Crippen LogP contribution in [0.15, 0.2) is 39.3 Å². The molecule has 0 fully saturated rings. The highest BCUT2D eigenvalue weighted by molar-refractivity contribution is 5.92. The first kappa shape index (κ1) is 11.8. The van der Waals surface area contributed by atoms with Crippen molar-refractivity contribution in [3.63, 3.8) is 0 Å². The number of nitrogens with one attached hydrogen (secondary N) is 2. The van der Waals surface area contributed by atoms with Crippen LogP contribution in [0.5, 0.6) is 0 Å². The quantitative estimate of drug-likeness (QED) is 0.711. The Morgan fingerprint density at radius 2 is 1.83 bits per heavy atom. The number of rotatable bonds is 3. The van der Waals surface area contributed by atoms with Crippen LogP contribution in [0.4, 0.5) is 11.4 Å². The number of aromatic nitrogens is 2. The summed E-state index contributed by atoms with van der Waals surface area (Å²) in [6.07, 6.45) is 0. The van der Waals surface area contributed by atoms with Crippen LogP contribution in [0.25, 0.3) is 0 Å². The van der Waals surface area contributed by atoms with Crippen LogP contribution in [0.2, 0.25) is 0 Å². The summed E-state index contributed by atoms with van der Waals surface area (Å²) in [4.78, 5) is 22.2. The van der Waals surface area contributed by atoms with Crippen molar-refractivity contribution in [2.24, 2.45) is 16.0 Å². The molecule has 92 valence electrons. The second kappa shape index (κ2) is 4.66. The Morgan fingerprint density at radius 3 is 2.33 bits per heavy atom. The molecular formula is C11H11N5O2. The smallest absolute Gasteiger partial charge is 0.291 e. The van der Waals surface area contributed by atoms with E-state index in [1.165, 1.54) is 0 Å². The lowest BCUT2D eigenvalue weighted by Gasteiger charge is -1.95. The van der Waals surface area contributed by atoms with E-state index in [9.17, 15) is 9.59 Å². The lowest BCUT2D eigenvalue weighted by Crippen LogP contribution is -2.10. The second-order valence-corrected chi connectivity index (χ2v) is 3.66. The number of carbonyl (C=O) groups is 1. The van der Waals surface area contributed by atoms with Crippen molar-refractivity contribution in [1.29, 1.82) is 0 Å². The van der Waals surface area contributed by atoms with Gasteiger partial charge >= 0.3 is 0 Å². The van der Waals surface area contributed by atoms with E-state index >= 15 is 0 Å². The van der Waals surface area contributed by atoms with Crippen molar-refractivity contribution in [2.75, 3.05) is 0 Å². The zero-order valence-electron chi connectivity index (χ0n) is 9.60. The fourth-order valence-corrected chi connectivity index (χ4v) is 1.36. The zero-order chi connectivity index (χ0) is 13.1. The van der Waals surface area contributed by atoms with Crippen molar-refractivity contribution in [2.45, 2.75) is 6.92 Å². The number of amides is 1. The second-order valence-electron chi connectivity index (χ2n) is 3.66. The molecule has 1 aromatic heterocycles. The average molecular weight is 245 g/mol. The molecule has 0 unspecified atom stereocenters. The van der Waals surface area contributed by atoms with Crippen LogP contribution in [-0.4, -0.2) is 16.1 Å². The van der Waals surface area contributed by atoms with E-state index in [0.29, 0.717) is 16.9 Å². The molecular weight excluding hydrogens is 234 g/mol. The molecule has 4 N–H and O–H groups in total. The fraction of sp³-hybridized carbons (Fsp3) is 0.0909. The largest absolute Gasteiger partial charge is 0.366 e. The number of hydrogen-bond acceptors (Lipinski definition) is 4. The lowest BCUT2D eigenvalue weighted by atomic mass is 10.2. The molecule has 0 radical (unpaired) electrons. The van der Waals surface area contributed by atoms with Crippen molar-refractivity contribution in [1.82, 2.24) is 10.2 Å². The van der Waals surface area contributed by atoms with Gasteiger partial charge in [-0.25, -0.2) is 0 Å². The van der Waals surface area contributed by atoms with Gasteiger partial charge in [-0.1, -0.05) is 0 Å². The van der Waals surface area contributed by atoms with Gasteiger partial charge in [0.15, 0.2) is 5.69 Å². The third-order valence-electron chi connectivity index (χ3n) is 2.35. The van der Waals surface area contributed by atoms with E-state index in [2.05, 4.69) is 20.4 Å². The molecule has 7 heteroatoms. The van der Waals surface area contributed by atoms with Crippen LogP contribution < -0.4 is 11.3 Å². The summed E-state index contributed by atoms with van der Waals surface area (Å²) < 4.78 is 0. The number of primary amides is 1. The fourth-order valence-electron chi connectivity index (χ4n) is 1.36. The first-order valence-corrected chi connectivity index (χ1v) is 5.17. The van der Waals surface area contributed by atoms with Crippen LogP contribution in [0.3, 0.4) is 0 Å². The molecule has 2 rings (SSSR count). The highest BCUT2D eigenvalue weighted by Gasteiger charge is 2.04. The molecule has 0 saturated carbocycles. The summed E-state index contributed by atoms with van der Waals surface area (Å²) in [5, 5.41) is 12.8. The Hall–Kier alpha value is -2.70. The number of nitrogens with zero attached hydrogens (tertiary/aromatic N) is 2.